The number of sulfone groups is 1. The number of carbonyl (C=O) groups is 1. The predicted molar refractivity (Wildman–Crippen MR) is 61.1 cm³/mol. The molecule has 0 fully saturated rings. The van der Waals surface area contributed by atoms with E-state index in [2.05, 4.69) is 0 Å². The Morgan fingerprint density at radius 1 is 1.41 bits per heavy atom. The number of ketones is 1. The van der Waals surface area contributed by atoms with Crippen molar-refractivity contribution < 1.29 is 22.7 Å². The Morgan fingerprint density at radius 3 is 2.47 bits per heavy atom. The number of carbonyl (C=O) groups excluding carboxylic acids is 1. The van der Waals surface area contributed by atoms with E-state index in [0.717, 1.165) is 6.07 Å². The molecule has 1 aromatic carbocycles. The molecule has 6 heteroatoms. The third-order valence-electron chi connectivity index (χ3n) is 2.43. The molecular formula is C11H13FO4S. The van der Waals surface area contributed by atoms with E-state index in [1.165, 1.54) is 25.1 Å². The molecule has 4 nitrogen and oxygen atoms in total. The van der Waals surface area contributed by atoms with Crippen LogP contribution in [0.15, 0.2) is 24.3 Å². The van der Waals surface area contributed by atoms with Crippen LogP contribution in [0, 0.1) is 5.82 Å². The fraction of sp³-hybridized carbons (Fsp3) is 0.364. The summed E-state index contributed by atoms with van der Waals surface area (Å²) in [4.78, 5) is 11.8. The van der Waals surface area contributed by atoms with E-state index in [-0.39, 0.29) is 11.3 Å². The molecule has 0 aliphatic rings. The quantitative estimate of drug-likeness (QED) is 0.795. The number of hydrogen-bond donors (Lipinski definition) is 1. The van der Waals surface area contributed by atoms with Gasteiger partial charge in [-0.3, -0.25) is 4.79 Å². The topological polar surface area (TPSA) is 71.4 Å². The summed E-state index contributed by atoms with van der Waals surface area (Å²) in [5, 5.41) is 7.40. The zero-order valence-electron chi connectivity index (χ0n) is 9.26. The molecule has 0 spiro atoms. The first-order valence-corrected chi connectivity index (χ1v) is 6.76. The number of aliphatic hydroxyl groups is 1. The van der Waals surface area contributed by atoms with Crippen LogP contribution in [-0.2, 0) is 9.84 Å². The van der Waals surface area contributed by atoms with Gasteiger partial charge in [0, 0.05) is 5.75 Å². The minimum absolute atomic E-state index is 0.279. The van der Waals surface area contributed by atoms with Crippen molar-refractivity contribution >= 4 is 15.6 Å². The van der Waals surface area contributed by atoms with Crippen LogP contribution in [0.5, 0.6) is 0 Å². The van der Waals surface area contributed by atoms with Gasteiger partial charge in [-0.2, -0.15) is 0 Å². The van der Waals surface area contributed by atoms with Gasteiger partial charge in [0.15, 0.2) is 15.6 Å². The Labute approximate surface area is 99.0 Å². The van der Waals surface area contributed by atoms with Crippen molar-refractivity contribution in [1.29, 1.82) is 0 Å². The van der Waals surface area contributed by atoms with Gasteiger partial charge in [0.1, 0.15) is 11.1 Å². The number of rotatable bonds is 5. The molecule has 1 aromatic rings. The summed E-state index contributed by atoms with van der Waals surface area (Å²) in [6, 6.07) is 5.10. The second-order valence-electron chi connectivity index (χ2n) is 3.47. The molecule has 0 aromatic heterocycles. The Morgan fingerprint density at radius 2 is 2.00 bits per heavy atom. The molecule has 17 heavy (non-hydrogen) atoms. The van der Waals surface area contributed by atoms with Crippen molar-refractivity contribution in [2.45, 2.75) is 12.2 Å². The highest BCUT2D eigenvalue weighted by molar-refractivity contribution is 7.92. The lowest BCUT2D eigenvalue weighted by Crippen LogP contribution is -2.35. The Kier molecular flexibility index (Phi) is 4.36. The van der Waals surface area contributed by atoms with Crippen LogP contribution < -0.4 is 0 Å². The average Bonchev–Trinajstić information content (AvgIpc) is 2.30. The van der Waals surface area contributed by atoms with Gasteiger partial charge in [0.05, 0.1) is 12.2 Å². The molecule has 0 saturated heterocycles. The van der Waals surface area contributed by atoms with Crippen molar-refractivity contribution in [2.24, 2.45) is 0 Å². The van der Waals surface area contributed by atoms with Crippen molar-refractivity contribution in [2.75, 3.05) is 12.4 Å². The summed E-state index contributed by atoms with van der Waals surface area (Å²) in [6.45, 7) is 0.524. The van der Waals surface area contributed by atoms with Crippen LogP contribution >= 0.6 is 0 Å². The Hall–Kier alpha value is -1.27. The highest BCUT2D eigenvalue weighted by Crippen LogP contribution is 2.14. The highest BCUT2D eigenvalue weighted by atomic mass is 32.2. The van der Waals surface area contributed by atoms with Crippen LogP contribution in [0.3, 0.4) is 0 Å². The maximum absolute atomic E-state index is 13.3. The fourth-order valence-corrected chi connectivity index (χ4v) is 2.48. The molecule has 94 valence electrons. The molecule has 0 saturated carbocycles. The molecule has 0 amide bonds. The SMILES string of the molecule is CCS(=O)(=O)[C@@H](CO)C(=O)c1ccccc1F. The average molecular weight is 260 g/mol. The summed E-state index contributed by atoms with van der Waals surface area (Å²) in [7, 11) is -3.74. The molecule has 0 heterocycles. The van der Waals surface area contributed by atoms with Crippen LogP contribution in [0.4, 0.5) is 4.39 Å². The molecule has 0 radical (unpaired) electrons. The standard InChI is InChI=1S/C11H13FO4S/c1-2-17(15,16)10(7-13)11(14)8-5-3-4-6-9(8)12/h3-6,10,13H,2,7H2,1H3/t10-/m0/s1. The number of Topliss-reactive ketones (excluding diaryl/α,β-unsaturated/α-hetero) is 1. The summed E-state index contributed by atoms with van der Waals surface area (Å²) in [6.07, 6.45) is 0. The first kappa shape index (κ1) is 13.8. The zero-order valence-corrected chi connectivity index (χ0v) is 10.1. The largest absolute Gasteiger partial charge is 0.395 e. The maximum atomic E-state index is 13.3. The molecule has 0 aliphatic carbocycles. The molecule has 1 N–H and O–H groups in total. The Bertz CT molecular complexity index is 510. The van der Waals surface area contributed by atoms with E-state index >= 15 is 0 Å². The summed E-state index contributed by atoms with van der Waals surface area (Å²) < 4.78 is 36.4. The van der Waals surface area contributed by atoms with Gasteiger partial charge in [-0.05, 0) is 12.1 Å². The van der Waals surface area contributed by atoms with Crippen LogP contribution in [0.2, 0.25) is 0 Å². The van der Waals surface area contributed by atoms with Gasteiger partial charge in [0.2, 0.25) is 0 Å². The number of halogens is 1. The lowest BCUT2D eigenvalue weighted by molar-refractivity contribution is 0.0957. The smallest absolute Gasteiger partial charge is 0.186 e. The van der Waals surface area contributed by atoms with Crippen molar-refractivity contribution in [3.8, 4) is 0 Å². The van der Waals surface area contributed by atoms with Gasteiger partial charge < -0.3 is 5.11 Å². The molecule has 0 aliphatic heterocycles. The molecule has 0 unspecified atom stereocenters. The lowest BCUT2D eigenvalue weighted by Gasteiger charge is -2.13. The van der Waals surface area contributed by atoms with E-state index < -0.39 is 33.3 Å². The lowest BCUT2D eigenvalue weighted by atomic mass is 10.1. The summed E-state index contributed by atoms with van der Waals surface area (Å²) >= 11 is 0. The number of aliphatic hydroxyl groups excluding tert-OH is 1. The van der Waals surface area contributed by atoms with E-state index in [9.17, 15) is 17.6 Å². The van der Waals surface area contributed by atoms with E-state index in [4.69, 9.17) is 5.11 Å². The number of benzene rings is 1. The van der Waals surface area contributed by atoms with Crippen LogP contribution in [-0.4, -0.2) is 36.9 Å². The molecule has 0 bridgehead atoms. The highest BCUT2D eigenvalue weighted by Gasteiger charge is 2.32. The van der Waals surface area contributed by atoms with Crippen LogP contribution in [0.25, 0.3) is 0 Å². The maximum Gasteiger partial charge on any atom is 0.186 e. The summed E-state index contributed by atoms with van der Waals surface area (Å²) in [5.41, 5.74) is -0.316. The minimum atomic E-state index is -3.74. The normalized spacial score (nSPS) is 13.4. The first-order valence-electron chi connectivity index (χ1n) is 5.05. The molecular weight excluding hydrogens is 247 g/mol. The third-order valence-corrected chi connectivity index (χ3v) is 4.47. The Balaban J connectivity index is 3.16. The molecule has 1 atom stereocenters. The number of hydrogen-bond acceptors (Lipinski definition) is 4. The van der Waals surface area contributed by atoms with Crippen molar-refractivity contribution in [3.63, 3.8) is 0 Å². The van der Waals surface area contributed by atoms with E-state index in [1.54, 1.807) is 0 Å². The monoisotopic (exact) mass is 260 g/mol. The van der Waals surface area contributed by atoms with Crippen LogP contribution in [0.1, 0.15) is 17.3 Å². The second-order valence-corrected chi connectivity index (χ2v) is 5.94. The predicted octanol–water partition coefficient (Wildman–Crippen LogP) is 0.804. The second kappa shape index (κ2) is 5.37. The van der Waals surface area contributed by atoms with Gasteiger partial charge in [-0.15, -0.1) is 0 Å². The van der Waals surface area contributed by atoms with Crippen molar-refractivity contribution in [3.05, 3.63) is 35.6 Å². The minimum Gasteiger partial charge on any atom is -0.395 e. The van der Waals surface area contributed by atoms with Gasteiger partial charge in [-0.25, -0.2) is 12.8 Å². The van der Waals surface area contributed by atoms with Gasteiger partial charge in [-0.1, -0.05) is 19.1 Å². The summed E-state index contributed by atoms with van der Waals surface area (Å²) in [5.74, 6) is -1.98. The van der Waals surface area contributed by atoms with Crippen molar-refractivity contribution in [1.82, 2.24) is 0 Å². The van der Waals surface area contributed by atoms with E-state index in [0.29, 0.717) is 0 Å². The van der Waals surface area contributed by atoms with Gasteiger partial charge >= 0.3 is 0 Å². The fourth-order valence-electron chi connectivity index (χ4n) is 1.40. The molecule has 1 rings (SSSR count). The van der Waals surface area contributed by atoms with Gasteiger partial charge in [0.25, 0.3) is 0 Å². The zero-order chi connectivity index (χ0) is 13.1. The van der Waals surface area contributed by atoms with E-state index in [1.807, 2.05) is 0 Å². The first-order chi connectivity index (χ1) is 7.94. The third kappa shape index (κ3) is 2.89.